The number of likely N-dealkylation sites (N-methyl/N-ethyl adjacent to an activating group) is 1. The molecule has 1 saturated carbocycles. The zero-order valence-corrected chi connectivity index (χ0v) is 12.6. The van der Waals surface area contributed by atoms with Crippen molar-refractivity contribution in [2.45, 2.75) is 31.3 Å². The Labute approximate surface area is 117 Å². The maximum atomic E-state index is 13.2. The van der Waals surface area contributed by atoms with Gasteiger partial charge in [0.25, 0.3) is 0 Å². The van der Waals surface area contributed by atoms with Gasteiger partial charge in [-0.25, -0.2) is 4.39 Å². The SMILES string of the molecule is CN(C)C1(CNCc2cc(F)cc(Br)c2)CCC1. The fourth-order valence-electron chi connectivity index (χ4n) is 2.52. The lowest BCUT2D eigenvalue weighted by molar-refractivity contribution is 0.0598. The van der Waals surface area contributed by atoms with Gasteiger partial charge in [-0.05, 0) is 57.1 Å². The fourth-order valence-corrected chi connectivity index (χ4v) is 3.03. The average molecular weight is 315 g/mol. The number of nitrogens with zero attached hydrogens (tertiary/aromatic N) is 1. The van der Waals surface area contributed by atoms with Gasteiger partial charge in [0, 0.05) is 23.1 Å². The third-order valence-electron chi connectivity index (χ3n) is 3.94. The molecule has 0 heterocycles. The summed E-state index contributed by atoms with van der Waals surface area (Å²) in [4.78, 5) is 2.31. The number of nitrogens with one attached hydrogen (secondary N) is 1. The van der Waals surface area contributed by atoms with Crippen LogP contribution in [0.3, 0.4) is 0 Å². The van der Waals surface area contributed by atoms with Crippen LogP contribution in [0.25, 0.3) is 0 Å². The summed E-state index contributed by atoms with van der Waals surface area (Å²) in [7, 11) is 4.28. The highest BCUT2D eigenvalue weighted by Crippen LogP contribution is 2.35. The van der Waals surface area contributed by atoms with Crippen LogP contribution in [0.4, 0.5) is 4.39 Å². The van der Waals surface area contributed by atoms with E-state index in [2.05, 4.69) is 40.2 Å². The molecule has 100 valence electrons. The molecule has 0 radical (unpaired) electrons. The molecule has 0 atom stereocenters. The summed E-state index contributed by atoms with van der Waals surface area (Å²) >= 11 is 3.32. The summed E-state index contributed by atoms with van der Waals surface area (Å²) in [5.74, 6) is -0.188. The van der Waals surface area contributed by atoms with E-state index in [1.807, 2.05) is 6.07 Å². The van der Waals surface area contributed by atoms with Crippen LogP contribution in [0.5, 0.6) is 0 Å². The zero-order valence-electron chi connectivity index (χ0n) is 11.0. The Balaban J connectivity index is 1.88. The molecule has 1 aromatic rings. The van der Waals surface area contributed by atoms with E-state index >= 15 is 0 Å². The summed E-state index contributed by atoms with van der Waals surface area (Å²) in [6.07, 6.45) is 3.81. The predicted molar refractivity (Wildman–Crippen MR) is 76.1 cm³/mol. The van der Waals surface area contributed by atoms with Gasteiger partial charge >= 0.3 is 0 Å². The molecular formula is C14H20BrFN2. The van der Waals surface area contributed by atoms with E-state index in [-0.39, 0.29) is 5.82 Å². The quantitative estimate of drug-likeness (QED) is 0.898. The fraction of sp³-hybridized carbons (Fsp3) is 0.571. The number of halogens is 2. The molecule has 0 amide bonds. The predicted octanol–water partition coefficient (Wildman–Crippen LogP) is 3.16. The van der Waals surface area contributed by atoms with Crippen LogP contribution in [0.15, 0.2) is 22.7 Å². The Bertz CT molecular complexity index is 396. The van der Waals surface area contributed by atoms with Crippen molar-refractivity contribution < 1.29 is 4.39 Å². The maximum Gasteiger partial charge on any atom is 0.124 e. The normalized spacial score (nSPS) is 17.8. The Morgan fingerprint density at radius 2 is 2.06 bits per heavy atom. The van der Waals surface area contributed by atoms with Gasteiger partial charge in [-0.1, -0.05) is 15.9 Å². The third-order valence-corrected chi connectivity index (χ3v) is 4.40. The molecule has 0 saturated heterocycles. The Morgan fingerprint density at radius 3 is 2.56 bits per heavy atom. The van der Waals surface area contributed by atoms with Crippen LogP contribution in [0.2, 0.25) is 0 Å². The second kappa shape index (κ2) is 5.68. The molecule has 0 spiro atoms. The van der Waals surface area contributed by atoms with E-state index < -0.39 is 0 Å². The van der Waals surface area contributed by atoms with Crippen LogP contribution in [0, 0.1) is 5.82 Å². The van der Waals surface area contributed by atoms with E-state index in [0.29, 0.717) is 12.1 Å². The Morgan fingerprint density at radius 1 is 1.33 bits per heavy atom. The Kier molecular flexibility index (Phi) is 4.41. The second-order valence-electron chi connectivity index (χ2n) is 5.35. The highest BCUT2D eigenvalue weighted by molar-refractivity contribution is 9.10. The summed E-state index contributed by atoms with van der Waals surface area (Å²) in [6, 6.07) is 5.02. The molecule has 18 heavy (non-hydrogen) atoms. The molecule has 0 aromatic heterocycles. The van der Waals surface area contributed by atoms with E-state index in [1.54, 1.807) is 6.07 Å². The molecule has 1 fully saturated rings. The van der Waals surface area contributed by atoms with Crippen LogP contribution < -0.4 is 5.32 Å². The first-order valence-corrected chi connectivity index (χ1v) is 7.14. The summed E-state index contributed by atoms with van der Waals surface area (Å²) in [5, 5.41) is 3.45. The molecule has 0 aliphatic heterocycles. The van der Waals surface area contributed by atoms with E-state index in [0.717, 1.165) is 16.6 Å². The monoisotopic (exact) mass is 314 g/mol. The third kappa shape index (κ3) is 3.11. The summed E-state index contributed by atoms with van der Waals surface area (Å²) < 4.78 is 14.0. The second-order valence-corrected chi connectivity index (χ2v) is 6.27. The van der Waals surface area contributed by atoms with Crippen molar-refractivity contribution in [3.63, 3.8) is 0 Å². The van der Waals surface area contributed by atoms with Gasteiger partial charge in [0.1, 0.15) is 5.82 Å². The van der Waals surface area contributed by atoms with Crippen molar-refractivity contribution in [1.82, 2.24) is 10.2 Å². The molecular weight excluding hydrogens is 295 g/mol. The van der Waals surface area contributed by atoms with Crippen molar-refractivity contribution in [3.05, 3.63) is 34.1 Å². The molecule has 0 bridgehead atoms. The molecule has 1 aliphatic rings. The summed E-state index contributed by atoms with van der Waals surface area (Å²) in [6.45, 7) is 1.68. The minimum atomic E-state index is -0.188. The number of rotatable bonds is 5. The lowest BCUT2D eigenvalue weighted by Crippen LogP contribution is -2.56. The van der Waals surface area contributed by atoms with Gasteiger partial charge in [-0.3, -0.25) is 0 Å². The van der Waals surface area contributed by atoms with Crippen LogP contribution in [-0.4, -0.2) is 31.1 Å². The molecule has 1 N–H and O–H groups in total. The maximum absolute atomic E-state index is 13.2. The minimum Gasteiger partial charge on any atom is -0.311 e. The molecule has 0 unspecified atom stereocenters. The average Bonchev–Trinajstić information content (AvgIpc) is 2.19. The van der Waals surface area contributed by atoms with E-state index in [4.69, 9.17) is 0 Å². The summed E-state index contributed by atoms with van der Waals surface area (Å²) in [5.41, 5.74) is 1.29. The standard InChI is InChI=1S/C14H20BrFN2/c1-18(2)14(4-3-5-14)10-17-9-11-6-12(15)8-13(16)7-11/h6-8,17H,3-5,9-10H2,1-2H3. The smallest absolute Gasteiger partial charge is 0.124 e. The molecule has 1 aromatic carbocycles. The highest BCUT2D eigenvalue weighted by Gasteiger charge is 2.38. The molecule has 4 heteroatoms. The van der Waals surface area contributed by atoms with Crippen molar-refractivity contribution >= 4 is 15.9 Å². The highest BCUT2D eigenvalue weighted by atomic mass is 79.9. The van der Waals surface area contributed by atoms with Crippen molar-refractivity contribution in [1.29, 1.82) is 0 Å². The Hall–Kier alpha value is -0.450. The van der Waals surface area contributed by atoms with Crippen LogP contribution in [-0.2, 0) is 6.54 Å². The first-order chi connectivity index (χ1) is 8.52. The van der Waals surface area contributed by atoms with E-state index in [1.165, 1.54) is 25.3 Å². The minimum absolute atomic E-state index is 0.188. The van der Waals surface area contributed by atoms with Crippen LogP contribution in [0.1, 0.15) is 24.8 Å². The molecule has 2 rings (SSSR count). The number of hydrogen-bond acceptors (Lipinski definition) is 2. The zero-order chi connectivity index (χ0) is 13.2. The first kappa shape index (κ1) is 14.0. The first-order valence-electron chi connectivity index (χ1n) is 6.35. The van der Waals surface area contributed by atoms with Gasteiger partial charge < -0.3 is 10.2 Å². The van der Waals surface area contributed by atoms with Crippen molar-refractivity contribution in [2.24, 2.45) is 0 Å². The number of benzene rings is 1. The lowest BCUT2D eigenvalue weighted by atomic mass is 9.75. The number of hydrogen-bond donors (Lipinski definition) is 1. The van der Waals surface area contributed by atoms with Gasteiger partial charge in [0.15, 0.2) is 0 Å². The van der Waals surface area contributed by atoms with Gasteiger partial charge in [0.05, 0.1) is 0 Å². The molecule has 2 nitrogen and oxygen atoms in total. The van der Waals surface area contributed by atoms with Crippen LogP contribution >= 0.6 is 15.9 Å². The topological polar surface area (TPSA) is 15.3 Å². The van der Waals surface area contributed by atoms with Crippen molar-refractivity contribution in [3.8, 4) is 0 Å². The van der Waals surface area contributed by atoms with Gasteiger partial charge in [0.2, 0.25) is 0 Å². The van der Waals surface area contributed by atoms with E-state index in [9.17, 15) is 4.39 Å². The molecule has 1 aliphatic carbocycles. The van der Waals surface area contributed by atoms with Gasteiger partial charge in [-0.2, -0.15) is 0 Å². The lowest BCUT2D eigenvalue weighted by Gasteiger charge is -2.47. The van der Waals surface area contributed by atoms with Gasteiger partial charge in [-0.15, -0.1) is 0 Å². The largest absolute Gasteiger partial charge is 0.311 e. The van der Waals surface area contributed by atoms with Crippen molar-refractivity contribution in [2.75, 3.05) is 20.6 Å².